The number of carbonyl (C=O) groups excluding carboxylic acids is 3. The van der Waals surface area contributed by atoms with Crippen LogP contribution < -0.4 is 4.74 Å². The lowest BCUT2D eigenvalue weighted by molar-refractivity contribution is -0.173. The normalized spacial score (nSPS) is 21.3. The maximum absolute atomic E-state index is 11.7. The Bertz CT molecular complexity index is 963. The summed E-state index contributed by atoms with van der Waals surface area (Å²) in [5.41, 5.74) is -0.732. The lowest BCUT2D eigenvalue weighted by Crippen LogP contribution is -2.46. The van der Waals surface area contributed by atoms with Gasteiger partial charge in [0.2, 0.25) is 0 Å². The van der Waals surface area contributed by atoms with Crippen LogP contribution in [-0.2, 0) is 33.3 Å². The number of hydrogen-bond donors (Lipinski definition) is 1. The Balaban J connectivity index is 0.000000316. The number of phenolic OH excluding ortho intramolecular Hbond substituents is 1. The third-order valence-corrected chi connectivity index (χ3v) is 8.76. The van der Waals surface area contributed by atoms with Crippen molar-refractivity contribution in [2.24, 2.45) is 28.1 Å². The zero-order valence-corrected chi connectivity index (χ0v) is 27.2. The van der Waals surface area contributed by atoms with Gasteiger partial charge in [-0.2, -0.15) is 0 Å². The van der Waals surface area contributed by atoms with Gasteiger partial charge in [0.15, 0.2) is 0 Å². The predicted molar refractivity (Wildman–Crippen MR) is 161 cm³/mol. The first-order valence-corrected chi connectivity index (χ1v) is 15.2. The van der Waals surface area contributed by atoms with Crippen LogP contribution in [0.4, 0.5) is 0 Å². The number of ether oxygens (including phenoxy) is 5. The summed E-state index contributed by atoms with van der Waals surface area (Å²) in [6.45, 7) is 19.0. The molecule has 3 rings (SSSR count). The molecule has 3 atom stereocenters. The molecule has 2 aliphatic heterocycles. The largest absolute Gasteiger partial charge is 0.508 e. The first-order chi connectivity index (χ1) is 19.8. The first-order valence-electron chi connectivity index (χ1n) is 15.2. The fraction of sp³-hybridized carbons (Fsp3) is 0.727. The van der Waals surface area contributed by atoms with Crippen molar-refractivity contribution in [2.75, 3.05) is 40.1 Å². The van der Waals surface area contributed by atoms with Gasteiger partial charge in [-0.15, -0.1) is 0 Å². The minimum absolute atomic E-state index is 0.0184. The topological polar surface area (TPSA) is 118 Å². The van der Waals surface area contributed by atoms with Crippen LogP contribution in [0.25, 0.3) is 0 Å². The molecular formula is C33H54O9. The van der Waals surface area contributed by atoms with Gasteiger partial charge in [0, 0.05) is 5.92 Å². The van der Waals surface area contributed by atoms with Gasteiger partial charge in [-0.3, -0.25) is 14.4 Å². The van der Waals surface area contributed by atoms with Gasteiger partial charge in [0.25, 0.3) is 0 Å². The molecule has 0 aromatic heterocycles. The average molecular weight is 595 g/mol. The summed E-state index contributed by atoms with van der Waals surface area (Å²) in [6, 6.07) is 6.11. The smallest absolute Gasteiger partial charge is 0.316 e. The van der Waals surface area contributed by atoms with Crippen molar-refractivity contribution in [1.29, 1.82) is 0 Å². The van der Waals surface area contributed by atoms with Crippen molar-refractivity contribution in [2.45, 2.75) is 87.5 Å². The summed E-state index contributed by atoms with van der Waals surface area (Å²) in [7, 11) is 1.45. The summed E-state index contributed by atoms with van der Waals surface area (Å²) < 4.78 is 25.8. The molecule has 0 saturated carbocycles. The number of phenols is 1. The van der Waals surface area contributed by atoms with E-state index < -0.39 is 5.41 Å². The predicted octanol–water partition coefficient (Wildman–Crippen LogP) is 6.35. The summed E-state index contributed by atoms with van der Waals surface area (Å²) in [5.74, 6) is 0.515. The third kappa shape index (κ3) is 10.3. The van der Waals surface area contributed by atoms with Crippen LogP contribution >= 0.6 is 0 Å². The highest BCUT2D eigenvalue weighted by Crippen LogP contribution is 2.40. The molecule has 3 unspecified atom stereocenters. The van der Waals surface area contributed by atoms with E-state index in [4.69, 9.17) is 28.8 Å². The van der Waals surface area contributed by atoms with Gasteiger partial charge >= 0.3 is 17.9 Å². The van der Waals surface area contributed by atoms with Crippen LogP contribution in [0.5, 0.6) is 11.5 Å². The van der Waals surface area contributed by atoms with Gasteiger partial charge in [0.1, 0.15) is 18.1 Å². The number of benzene rings is 1. The Morgan fingerprint density at radius 2 is 1.62 bits per heavy atom. The van der Waals surface area contributed by atoms with E-state index in [2.05, 4.69) is 13.8 Å². The van der Waals surface area contributed by atoms with E-state index in [1.54, 1.807) is 12.1 Å². The first kappa shape index (κ1) is 37.4. The number of aromatic hydroxyl groups is 1. The van der Waals surface area contributed by atoms with E-state index in [0.29, 0.717) is 31.5 Å². The molecule has 2 heterocycles. The SMILES string of the molecule is CCC(C)(C)C(=O)Oc1ccc(O)cc1.CCC(C)C(=O)OCC1(CC)COC1.CCC1COCC1(CC)C(=O)OC. The molecule has 0 amide bonds. The molecule has 0 radical (unpaired) electrons. The minimum atomic E-state index is -0.474. The zero-order valence-electron chi connectivity index (χ0n) is 27.2. The van der Waals surface area contributed by atoms with Crippen LogP contribution in [0.15, 0.2) is 24.3 Å². The molecule has 2 saturated heterocycles. The van der Waals surface area contributed by atoms with Gasteiger partial charge in [-0.25, -0.2) is 0 Å². The number of hydrogen-bond acceptors (Lipinski definition) is 9. The molecule has 42 heavy (non-hydrogen) atoms. The fourth-order valence-electron chi connectivity index (χ4n) is 4.35. The summed E-state index contributed by atoms with van der Waals surface area (Å²) >= 11 is 0. The van der Waals surface area contributed by atoms with Gasteiger partial charge in [0.05, 0.1) is 55.7 Å². The Kier molecular flexibility index (Phi) is 15.5. The molecule has 9 heteroatoms. The van der Waals surface area contributed by atoms with E-state index in [-0.39, 0.29) is 40.4 Å². The van der Waals surface area contributed by atoms with E-state index >= 15 is 0 Å². The van der Waals surface area contributed by atoms with Gasteiger partial charge < -0.3 is 28.8 Å². The van der Waals surface area contributed by atoms with E-state index in [1.165, 1.54) is 19.2 Å². The summed E-state index contributed by atoms with van der Waals surface area (Å²) in [6.07, 6.45) is 4.36. The highest BCUT2D eigenvalue weighted by atomic mass is 16.6. The number of carbonyl (C=O) groups is 3. The molecule has 1 aromatic rings. The van der Waals surface area contributed by atoms with E-state index in [0.717, 1.165) is 45.3 Å². The molecule has 1 aromatic carbocycles. The quantitative estimate of drug-likeness (QED) is 0.231. The second kappa shape index (κ2) is 17.5. The molecular weight excluding hydrogens is 540 g/mol. The van der Waals surface area contributed by atoms with Crippen molar-refractivity contribution < 1.29 is 43.2 Å². The standard InChI is InChI=1S/C12H16O3.C11H20O3.C10H18O3/c1-4-12(2,3)11(14)15-10-7-5-9(13)6-8-10;1-4-9(3)10(12)14-8-11(5-2)6-13-7-11;1-4-8-6-13-7-10(8,5-2)9(11)12-3/h5-8,13H,4H2,1-3H3;9H,4-8H2,1-3H3;8H,4-7H2,1-3H3. The second-order valence-electron chi connectivity index (χ2n) is 12.0. The Morgan fingerprint density at radius 1 is 1.00 bits per heavy atom. The summed E-state index contributed by atoms with van der Waals surface area (Å²) in [5, 5.41) is 9.06. The fourth-order valence-corrected chi connectivity index (χ4v) is 4.35. The molecule has 0 spiro atoms. The van der Waals surface area contributed by atoms with Crippen LogP contribution in [-0.4, -0.2) is 63.2 Å². The Labute approximate surface area is 252 Å². The van der Waals surface area contributed by atoms with Gasteiger partial charge in [-0.1, -0.05) is 41.5 Å². The average Bonchev–Trinajstić information content (AvgIpc) is 3.42. The van der Waals surface area contributed by atoms with Crippen LogP contribution in [0, 0.1) is 28.1 Å². The minimum Gasteiger partial charge on any atom is -0.508 e. The molecule has 1 N–H and O–H groups in total. The molecule has 2 aliphatic rings. The van der Waals surface area contributed by atoms with E-state index in [1.807, 2.05) is 41.5 Å². The lowest BCUT2D eigenvalue weighted by Gasteiger charge is -2.40. The number of methoxy groups -OCH3 is 1. The summed E-state index contributed by atoms with van der Waals surface area (Å²) in [4.78, 5) is 34.7. The third-order valence-electron chi connectivity index (χ3n) is 8.76. The highest BCUT2D eigenvalue weighted by Gasteiger charge is 2.48. The van der Waals surface area contributed by atoms with Crippen molar-refractivity contribution in [3.63, 3.8) is 0 Å². The number of rotatable bonds is 11. The van der Waals surface area contributed by atoms with E-state index in [9.17, 15) is 14.4 Å². The Morgan fingerprint density at radius 3 is 2.05 bits per heavy atom. The highest BCUT2D eigenvalue weighted by molar-refractivity contribution is 5.78. The zero-order chi connectivity index (χ0) is 32.0. The van der Waals surface area contributed by atoms with Gasteiger partial charge in [-0.05, 0) is 70.2 Å². The van der Waals surface area contributed by atoms with Crippen LogP contribution in [0.3, 0.4) is 0 Å². The van der Waals surface area contributed by atoms with Crippen molar-refractivity contribution in [1.82, 2.24) is 0 Å². The molecule has 0 bridgehead atoms. The molecule has 2 fully saturated rings. The monoisotopic (exact) mass is 594 g/mol. The maximum Gasteiger partial charge on any atom is 0.316 e. The lowest BCUT2D eigenvalue weighted by atomic mass is 9.74. The van der Waals surface area contributed by atoms with Crippen molar-refractivity contribution >= 4 is 17.9 Å². The maximum atomic E-state index is 11.7. The molecule has 240 valence electrons. The second-order valence-corrected chi connectivity index (χ2v) is 12.0. The van der Waals surface area contributed by atoms with Crippen molar-refractivity contribution in [3.8, 4) is 11.5 Å². The van der Waals surface area contributed by atoms with Crippen molar-refractivity contribution in [3.05, 3.63) is 24.3 Å². The Hall–Kier alpha value is -2.65. The molecule has 0 aliphatic carbocycles. The van der Waals surface area contributed by atoms with Crippen LogP contribution in [0.1, 0.15) is 87.5 Å². The number of esters is 3. The molecule has 9 nitrogen and oxygen atoms in total. The van der Waals surface area contributed by atoms with Crippen LogP contribution in [0.2, 0.25) is 0 Å².